The lowest BCUT2D eigenvalue weighted by molar-refractivity contribution is -0.140. The zero-order chi connectivity index (χ0) is 29.4. The highest BCUT2D eigenvalue weighted by molar-refractivity contribution is 7.92. The van der Waals surface area contributed by atoms with Crippen LogP contribution in [0, 0.1) is 11.7 Å². The lowest BCUT2D eigenvalue weighted by Crippen LogP contribution is -2.53. The zero-order valence-corrected chi connectivity index (χ0v) is 24.8. The Bertz CT molecular complexity index is 1400. The minimum Gasteiger partial charge on any atom is -0.354 e. The molecule has 40 heavy (non-hydrogen) atoms. The summed E-state index contributed by atoms with van der Waals surface area (Å²) >= 11 is 12.9. The molecule has 1 atom stereocenters. The first-order chi connectivity index (χ1) is 18.9. The van der Waals surface area contributed by atoms with E-state index in [-0.39, 0.29) is 24.6 Å². The van der Waals surface area contributed by atoms with E-state index >= 15 is 0 Å². The van der Waals surface area contributed by atoms with E-state index < -0.39 is 40.2 Å². The minimum absolute atomic E-state index is 0.108. The monoisotopic (exact) mass is 607 g/mol. The van der Waals surface area contributed by atoms with E-state index in [0.717, 1.165) is 28.3 Å². The zero-order valence-electron chi connectivity index (χ0n) is 22.5. The van der Waals surface area contributed by atoms with Crippen LogP contribution in [0.3, 0.4) is 0 Å². The van der Waals surface area contributed by atoms with Crippen molar-refractivity contribution < 1.29 is 22.4 Å². The normalized spacial score (nSPS) is 12.2. The Hall–Kier alpha value is -3.14. The van der Waals surface area contributed by atoms with Gasteiger partial charge in [-0.25, -0.2) is 12.8 Å². The summed E-state index contributed by atoms with van der Waals surface area (Å²) in [5.74, 6) is -1.46. The predicted octanol–water partition coefficient (Wildman–Crippen LogP) is 5.31. The van der Waals surface area contributed by atoms with Crippen LogP contribution in [0.4, 0.5) is 10.1 Å². The number of rotatable bonds is 12. The van der Waals surface area contributed by atoms with Crippen LogP contribution in [0.2, 0.25) is 10.0 Å². The molecule has 3 rings (SSSR count). The van der Waals surface area contributed by atoms with Crippen LogP contribution in [-0.2, 0) is 32.6 Å². The van der Waals surface area contributed by atoms with Gasteiger partial charge in [0.2, 0.25) is 21.8 Å². The number of amides is 2. The molecule has 1 N–H and O–H groups in total. The van der Waals surface area contributed by atoms with Gasteiger partial charge in [0.05, 0.1) is 11.9 Å². The third-order valence-corrected chi connectivity index (χ3v) is 7.99. The largest absolute Gasteiger partial charge is 0.354 e. The quantitative estimate of drug-likeness (QED) is 0.302. The Morgan fingerprint density at radius 3 is 2.08 bits per heavy atom. The topological polar surface area (TPSA) is 86.8 Å². The molecule has 3 aromatic carbocycles. The Kier molecular flexibility index (Phi) is 11.0. The van der Waals surface area contributed by atoms with Crippen molar-refractivity contribution in [2.24, 2.45) is 5.92 Å². The number of carbonyl (C=O) groups is 2. The number of benzene rings is 3. The van der Waals surface area contributed by atoms with Crippen molar-refractivity contribution in [3.63, 3.8) is 0 Å². The molecule has 0 aliphatic rings. The SMILES string of the molecule is CC(C)CNC(=O)[C@H](Cc1ccccc1)N(Cc1c(Cl)cccc1Cl)C(=O)CN(c1ccc(F)cc1)S(C)(=O)=O. The van der Waals surface area contributed by atoms with Crippen LogP contribution in [0.1, 0.15) is 25.0 Å². The average molecular weight is 609 g/mol. The highest BCUT2D eigenvalue weighted by atomic mass is 35.5. The molecule has 0 saturated carbocycles. The molecule has 0 fully saturated rings. The molecule has 0 aliphatic heterocycles. The van der Waals surface area contributed by atoms with Gasteiger partial charge < -0.3 is 10.2 Å². The lowest BCUT2D eigenvalue weighted by atomic mass is 10.0. The van der Waals surface area contributed by atoms with Crippen LogP contribution in [0.15, 0.2) is 72.8 Å². The molecule has 7 nitrogen and oxygen atoms in total. The average Bonchev–Trinajstić information content (AvgIpc) is 2.89. The fraction of sp³-hybridized carbons (Fsp3) is 0.310. The Morgan fingerprint density at radius 2 is 1.52 bits per heavy atom. The van der Waals surface area contributed by atoms with E-state index in [9.17, 15) is 22.4 Å². The smallest absolute Gasteiger partial charge is 0.244 e. The third kappa shape index (κ3) is 8.68. The van der Waals surface area contributed by atoms with Gasteiger partial charge in [-0.05, 0) is 47.9 Å². The standard InChI is InChI=1S/C29H32Cl2FN3O4S/c1-20(2)17-33-29(37)27(16-21-8-5-4-6-9-21)34(18-24-25(30)10-7-11-26(24)31)28(36)19-35(40(3,38)39)23-14-12-22(32)13-15-23/h4-15,20,27H,16-19H2,1-3H3,(H,33,37)/t27-/m0/s1. The van der Waals surface area contributed by atoms with E-state index in [4.69, 9.17) is 23.2 Å². The first kappa shape index (κ1) is 31.4. The fourth-order valence-electron chi connectivity index (χ4n) is 4.05. The molecule has 0 saturated heterocycles. The second-order valence-electron chi connectivity index (χ2n) is 9.81. The van der Waals surface area contributed by atoms with Gasteiger partial charge in [-0.3, -0.25) is 13.9 Å². The van der Waals surface area contributed by atoms with Gasteiger partial charge in [0.1, 0.15) is 18.4 Å². The first-order valence-corrected chi connectivity index (χ1v) is 15.2. The minimum atomic E-state index is -3.96. The van der Waals surface area contributed by atoms with Crippen molar-refractivity contribution in [3.05, 3.63) is 99.8 Å². The van der Waals surface area contributed by atoms with Crippen molar-refractivity contribution in [1.82, 2.24) is 10.2 Å². The number of carbonyl (C=O) groups excluding carboxylic acids is 2. The number of hydrogen-bond acceptors (Lipinski definition) is 4. The van der Waals surface area contributed by atoms with Crippen molar-refractivity contribution >= 4 is 50.7 Å². The Balaban J connectivity index is 2.08. The molecule has 0 aromatic heterocycles. The number of halogens is 3. The molecular weight excluding hydrogens is 576 g/mol. The predicted molar refractivity (Wildman–Crippen MR) is 157 cm³/mol. The van der Waals surface area contributed by atoms with Gasteiger partial charge in [-0.1, -0.05) is 73.4 Å². The summed E-state index contributed by atoms with van der Waals surface area (Å²) < 4.78 is 40.0. The molecule has 0 radical (unpaired) electrons. The van der Waals surface area contributed by atoms with Gasteiger partial charge in [0.15, 0.2) is 0 Å². The van der Waals surface area contributed by atoms with Crippen LogP contribution < -0.4 is 9.62 Å². The van der Waals surface area contributed by atoms with Gasteiger partial charge >= 0.3 is 0 Å². The molecule has 0 spiro atoms. The van der Waals surface area contributed by atoms with Crippen LogP contribution in [-0.4, -0.2) is 50.5 Å². The second-order valence-corrected chi connectivity index (χ2v) is 12.5. The Morgan fingerprint density at radius 1 is 0.925 bits per heavy atom. The van der Waals surface area contributed by atoms with Gasteiger partial charge in [-0.15, -0.1) is 0 Å². The number of nitrogens with zero attached hydrogens (tertiary/aromatic N) is 2. The van der Waals surface area contributed by atoms with E-state index in [2.05, 4.69) is 5.32 Å². The van der Waals surface area contributed by atoms with Crippen molar-refractivity contribution in [2.75, 3.05) is 23.7 Å². The van der Waals surface area contributed by atoms with E-state index in [0.29, 0.717) is 22.2 Å². The fourth-order valence-corrected chi connectivity index (χ4v) is 5.42. The van der Waals surface area contributed by atoms with Gasteiger partial charge in [0, 0.05) is 35.1 Å². The maximum Gasteiger partial charge on any atom is 0.244 e. The van der Waals surface area contributed by atoms with Crippen molar-refractivity contribution in [2.45, 2.75) is 32.9 Å². The first-order valence-electron chi connectivity index (χ1n) is 12.6. The van der Waals surface area contributed by atoms with Crippen molar-refractivity contribution in [3.8, 4) is 0 Å². The van der Waals surface area contributed by atoms with Crippen LogP contribution in [0.5, 0.6) is 0 Å². The molecule has 0 heterocycles. The molecule has 0 bridgehead atoms. The summed E-state index contributed by atoms with van der Waals surface area (Å²) in [5.41, 5.74) is 1.33. The summed E-state index contributed by atoms with van der Waals surface area (Å²) in [6.07, 6.45) is 1.11. The number of nitrogens with one attached hydrogen (secondary N) is 1. The Labute approximate surface area is 244 Å². The van der Waals surface area contributed by atoms with Crippen LogP contribution in [0.25, 0.3) is 0 Å². The maximum atomic E-state index is 14.0. The van der Waals surface area contributed by atoms with Crippen molar-refractivity contribution in [1.29, 1.82) is 0 Å². The molecule has 11 heteroatoms. The highest BCUT2D eigenvalue weighted by Crippen LogP contribution is 2.28. The summed E-state index contributed by atoms with van der Waals surface area (Å²) in [7, 11) is -3.96. The van der Waals surface area contributed by atoms with Crippen LogP contribution >= 0.6 is 23.2 Å². The maximum absolute atomic E-state index is 14.0. The summed E-state index contributed by atoms with van der Waals surface area (Å²) in [4.78, 5) is 28.9. The summed E-state index contributed by atoms with van der Waals surface area (Å²) in [6, 6.07) is 17.8. The van der Waals surface area contributed by atoms with Gasteiger partial charge in [0.25, 0.3) is 0 Å². The second kappa shape index (κ2) is 14.0. The molecule has 0 aliphatic carbocycles. The third-order valence-electron chi connectivity index (χ3n) is 6.14. The molecular formula is C29H32Cl2FN3O4S. The van der Waals surface area contributed by atoms with E-state index in [1.165, 1.54) is 17.0 Å². The molecule has 2 amide bonds. The molecule has 3 aromatic rings. The van der Waals surface area contributed by atoms with Gasteiger partial charge in [-0.2, -0.15) is 0 Å². The molecule has 214 valence electrons. The summed E-state index contributed by atoms with van der Waals surface area (Å²) in [6.45, 7) is 3.50. The lowest BCUT2D eigenvalue weighted by Gasteiger charge is -2.34. The number of anilines is 1. The van der Waals surface area contributed by atoms with E-state index in [1.807, 2.05) is 44.2 Å². The number of hydrogen-bond donors (Lipinski definition) is 1. The highest BCUT2D eigenvalue weighted by Gasteiger charge is 2.33. The summed E-state index contributed by atoms with van der Waals surface area (Å²) in [5, 5.41) is 3.49. The number of sulfonamides is 1. The molecule has 0 unspecified atom stereocenters. The van der Waals surface area contributed by atoms with E-state index in [1.54, 1.807) is 18.2 Å².